The van der Waals surface area contributed by atoms with E-state index in [9.17, 15) is 9.59 Å². The number of hydrogen-bond donors (Lipinski definition) is 1. The first-order valence-electron chi connectivity index (χ1n) is 8.65. The molecule has 2 aromatic carbocycles. The lowest BCUT2D eigenvalue weighted by Crippen LogP contribution is -2.23. The number of aromatic nitrogens is 1. The first-order valence-corrected chi connectivity index (χ1v) is 8.65. The first kappa shape index (κ1) is 18.9. The van der Waals surface area contributed by atoms with Gasteiger partial charge >= 0.3 is 0 Å². The molecule has 3 aromatic rings. The fourth-order valence-corrected chi connectivity index (χ4v) is 2.44. The number of nitrogens with zero attached hydrogens (tertiary/aromatic N) is 2. The average molecular weight is 373 g/mol. The number of amides is 2. The van der Waals surface area contributed by atoms with E-state index in [1.807, 2.05) is 30.3 Å². The normalized spacial score (nSPS) is 9.93. The Bertz CT molecular complexity index is 1030. The van der Waals surface area contributed by atoms with E-state index in [0.29, 0.717) is 11.3 Å². The maximum atomic E-state index is 12.1. The van der Waals surface area contributed by atoms with Crippen molar-refractivity contribution in [2.75, 3.05) is 20.6 Å². The summed E-state index contributed by atoms with van der Waals surface area (Å²) in [5.74, 6) is 5.94. The molecule has 0 radical (unpaired) electrons. The summed E-state index contributed by atoms with van der Waals surface area (Å²) in [6.07, 6.45) is 0. The predicted molar refractivity (Wildman–Crippen MR) is 106 cm³/mol. The van der Waals surface area contributed by atoms with Crippen LogP contribution in [0.4, 0.5) is 0 Å². The van der Waals surface area contributed by atoms with Crippen LogP contribution >= 0.6 is 0 Å². The smallest absolute Gasteiger partial charge is 0.274 e. The fourth-order valence-electron chi connectivity index (χ4n) is 2.44. The number of rotatable bonds is 4. The minimum Gasteiger partial charge on any atom is -0.355 e. The van der Waals surface area contributed by atoms with Gasteiger partial charge in [-0.2, -0.15) is 0 Å². The highest BCUT2D eigenvalue weighted by molar-refractivity contribution is 5.94. The van der Waals surface area contributed by atoms with E-state index in [2.05, 4.69) is 22.3 Å². The second-order valence-electron chi connectivity index (χ2n) is 6.20. The molecule has 0 aliphatic carbocycles. The summed E-state index contributed by atoms with van der Waals surface area (Å²) < 4.78 is 5.22. The third-order valence-electron chi connectivity index (χ3n) is 3.91. The summed E-state index contributed by atoms with van der Waals surface area (Å²) in [6.45, 7) is 0.171. The molecule has 3 rings (SSSR count). The van der Waals surface area contributed by atoms with Crippen LogP contribution in [-0.2, 0) is 0 Å². The molecule has 2 amide bonds. The standard InChI is InChI=1S/C22H19N3O3/c1-25(2)22(27)18-12-10-16(11-13-18)7-6-14-23-21(26)19-15-20(28-24-19)17-8-4-3-5-9-17/h3-5,8-13,15H,14H2,1-2H3,(H,23,26). The molecule has 1 aromatic heterocycles. The van der Waals surface area contributed by atoms with Crippen molar-refractivity contribution in [3.8, 4) is 23.2 Å². The Morgan fingerprint density at radius 3 is 2.46 bits per heavy atom. The Morgan fingerprint density at radius 1 is 1.07 bits per heavy atom. The highest BCUT2D eigenvalue weighted by atomic mass is 16.5. The van der Waals surface area contributed by atoms with Gasteiger partial charge in [-0.25, -0.2) is 0 Å². The summed E-state index contributed by atoms with van der Waals surface area (Å²) in [4.78, 5) is 25.5. The Labute approximate surface area is 163 Å². The van der Waals surface area contributed by atoms with E-state index in [-0.39, 0.29) is 24.1 Å². The highest BCUT2D eigenvalue weighted by Gasteiger charge is 2.12. The number of hydrogen-bond acceptors (Lipinski definition) is 4. The van der Waals surface area contributed by atoms with Gasteiger partial charge in [0.2, 0.25) is 0 Å². The van der Waals surface area contributed by atoms with Crippen LogP contribution in [0, 0.1) is 11.8 Å². The fraction of sp³-hybridized carbons (Fsp3) is 0.136. The zero-order chi connectivity index (χ0) is 19.9. The quantitative estimate of drug-likeness (QED) is 0.714. The van der Waals surface area contributed by atoms with E-state index in [4.69, 9.17) is 4.52 Å². The Morgan fingerprint density at radius 2 is 1.79 bits per heavy atom. The average Bonchev–Trinajstić information content (AvgIpc) is 3.22. The lowest BCUT2D eigenvalue weighted by molar-refractivity contribution is 0.0827. The SMILES string of the molecule is CN(C)C(=O)c1ccc(C#CCNC(=O)c2cc(-c3ccccc3)on2)cc1. The van der Waals surface area contributed by atoms with Crippen LogP contribution in [0.25, 0.3) is 11.3 Å². The number of carbonyl (C=O) groups is 2. The van der Waals surface area contributed by atoms with Gasteiger partial charge in [-0.3, -0.25) is 9.59 Å². The predicted octanol–water partition coefficient (Wildman–Crippen LogP) is 2.82. The van der Waals surface area contributed by atoms with E-state index in [1.54, 1.807) is 44.4 Å². The molecule has 0 aliphatic rings. The molecule has 0 spiro atoms. The second-order valence-corrected chi connectivity index (χ2v) is 6.20. The summed E-state index contributed by atoms with van der Waals surface area (Å²) >= 11 is 0. The van der Waals surface area contributed by atoms with Crippen LogP contribution in [0.15, 0.2) is 65.2 Å². The molecule has 140 valence electrons. The largest absolute Gasteiger partial charge is 0.355 e. The molecule has 0 atom stereocenters. The molecule has 0 fully saturated rings. The minimum absolute atomic E-state index is 0.0609. The molecule has 0 unspecified atom stereocenters. The van der Waals surface area contributed by atoms with Crippen molar-refractivity contribution in [2.24, 2.45) is 0 Å². The Balaban J connectivity index is 1.55. The zero-order valence-corrected chi connectivity index (χ0v) is 15.6. The van der Waals surface area contributed by atoms with Gasteiger partial charge in [0.05, 0.1) is 6.54 Å². The van der Waals surface area contributed by atoms with E-state index in [1.165, 1.54) is 4.90 Å². The maximum Gasteiger partial charge on any atom is 0.274 e. The van der Waals surface area contributed by atoms with Gasteiger partial charge in [0.15, 0.2) is 11.5 Å². The molecule has 1 N–H and O–H groups in total. The van der Waals surface area contributed by atoms with Crippen molar-refractivity contribution in [2.45, 2.75) is 0 Å². The van der Waals surface area contributed by atoms with Crippen LogP contribution in [0.1, 0.15) is 26.4 Å². The molecule has 0 bridgehead atoms. The number of nitrogens with one attached hydrogen (secondary N) is 1. The van der Waals surface area contributed by atoms with Gasteiger partial charge < -0.3 is 14.7 Å². The Kier molecular flexibility index (Phi) is 5.87. The summed E-state index contributed by atoms with van der Waals surface area (Å²) in [5.41, 5.74) is 2.42. The van der Waals surface area contributed by atoms with Gasteiger partial charge in [0.1, 0.15) is 0 Å². The second kappa shape index (κ2) is 8.69. The molecule has 0 aliphatic heterocycles. The van der Waals surface area contributed by atoms with Crippen molar-refractivity contribution in [3.05, 3.63) is 77.5 Å². The lowest BCUT2D eigenvalue weighted by Gasteiger charge is -2.09. The first-order chi connectivity index (χ1) is 13.5. The van der Waals surface area contributed by atoms with Crippen LogP contribution in [0.2, 0.25) is 0 Å². The van der Waals surface area contributed by atoms with Gasteiger partial charge in [-0.15, -0.1) is 0 Å². The third-order valence-corrected chi connectivity index (χ3v) is 3.91. The van der Waals surface area contributed by atoms with Crippen LogP contribution in [-0.4, -0.2) is 42.5 Å². The molecular formula is C22H19N3O3. The van der Waals surface area contributed by atoms with Crippen molar-refractivity contribution in [1.29, 1.82) is 0 Å². The molecule has 6 heteroatoms. The molecule has 6 nitrogen and oxygen atoms in total. The minimum atomic E-state index is -0.354. The van der Waals surface area contributed by atoms with Gasteiger partial charge in [-0.1, -0.05) is 47.3 Å². The van der Waals surface area contributed by atoms with E-state index < -0.39 is 0 Å². The van der Waals surface area contributed by atoms with Crippen LogP contribution in [0.3, 0.4) is 0 Å². The lowest BCUT2D eigenvalue weighted by atomic mass is 10.1. The Hall–Kier alpha value is -3.85. The van der Waals surface area contributed by atoms with Crippen molar-refractivity contribution in [1.82, 2.24) is 15.4 Å². The van der Waals surface area contributed by atoms with Gasteiger partial charge in [0.25, 0.3) is 11.8 Å². The highest BCUT2D eigenvalue weighted by Crippen LogP contribution is 2.19. The van der Waals surface area contributed by atoms with Crippen molar-refractivity contribution >= 4 is 11.8 Å². The molecule has 28 heavy (non-hydrogen) atoms. The zero-order valence-electron chi connectivity index (χ0n) is 15.6. The molecule has 0 saturated heterocycles. The topological polar surface area (TPSA) is 75.4 Å². The van der Waals surface area contributed by atoms with E-state index in [0.717, 1.165) is 11.1 Å². The molecule has 1 heterocycles. The summed E-state index contributed by atoms with van der Waals surface area (Å²) in [6, 6.07) is 18.0. The number of carbonyl (C=O) groups excluding carboxylic acids is 2. The molecular weight excluding hydrogens is 354 g/mol. The monoisotopic (exact) mass is 373 g/mol. The van der Waals surface area contributed by atoms with Crippen molar-refractivity contribution < 1.29 is 14.1 Å². The van der Waals surface area contributed by atoms with Crippen LogP contribution < -0.4 is 5.32 Å². The van der Waals surface area contributed by atoms with E-state index >= 15 is 0 Å². The van der Waals surface area contributed by atoms with Gasteiger partial charge in [0, 0.05) is 36.9 Å². The van der Waals surface area contributed by atoms with Crippen molar-refractivity contribution in [3.63, 3.8) is 0 Å². The molecule has 0 saturated carbocycles. The number of benzene rings is 2. The summed E-state index contributed by atoms with van der Waals surface area (Å²) in [5, 5.41) is 6.48. The summed E-state index contributed by atoms with van der Waals surface area (Å²) in [7, 11) is 3.41. The van der Waals surface area contributed by atoms with Gasteiger partial charge in [-0.05, 0) is 24.3 Å². The van der Waals surface area contributed by atoms with Crippen LogP contribution in [0.5, 0.6) is 0 Å². The maximum absolute atomic E-state index is 12.1. The third kappa shape index (κ3) is 4.65.